The maximum absolute atomic E-state index is 12.7. The van der Waals surface area contributed by atoms with Crippen molar-refractivity contribution < 1.29 is 23.1 Å². The Morgan fingerprint density at radius 3 is 2.38 bits per heavy atom. The average Bonchev–Trinajstić information content (AvgIpc) is 2.81. The van der Waals surface area contributed by atoms with Crippen LogP contribution in [0.5, 0.6) is 0 Å². The normalized spacial score (nSPS) is 35.6. The van der Waals surface area contributed by atoms with E-state index in [9.17, 15) is 23.1 Å². The average molecular weight is 317 g/mol. The standard InChI is InChI=1S/C14H23NO5S/c1-3-10-6-11(12(7-10)14(17)18)13(16)15-4-5-21(19,20)8-9(15)2/h9-12H,3-8H2,1-2H3,(H,17,18). The van der Waals surface area contributed by atoms with Gasteiger partial charge in [0.05, 0.1) is 23.3 Å². The Morgan fingerprint density at radius 2 is 1.86 bits per heavy atom. The lowest BCUT2D eigenvalue weighted by Gasteiger charge is -2.35. The maximum Gasteiger partial charge on any atom is 0.307 e. The zero-order chi connectivity index (χ0) is 15.8. The minimum atomic E-state index is -3.08. The molecule has 1 heterocycles. The van der Waals surface area contributed by atoms with Crippen LogP contribution in [0.2, 0.25) is 0 Å². The first-order valence-corrected chi connectivity index (χ1v) is 9.31. The van der Waals surface area contributed by atoms with Crippen LogP contribution in [0, 0.1) is 17.8 Å². The van der Waals surface area contributed by atoms with E-state index in [-0.39, 0.29) is 35.9 Å². The molecule has 1 amide bonds. The smallest absolute Gasteiger partial charge is 0.307 e. The quantitative estimate of drug-likeness (QED) is 0.830. The van der Waals surface area contributed by atoms with Crippen molar-refractivity contribution in [2.45, 2.75) is 39.2 Å². The molecular weight excluding hydrogens is 294 g/mol. The van der Waals surface area contributed by atoms with Crippen LogP contribution in [0.3, 0.4) is 0 Å². The van der Waals surface area contributed by atoms with Crippen molar-refractivity contribution in [1.82, 2.24) is 4.90 Å². The first-order chi connectivity index (χ1) is 9.75. The lowest BCUT2D eigenvalue weighted by atomic mass is 9.94. The van der Waals surface area contributed by atoms with Gasteiger partial charge in [-0.15, -0.1) is 0 Å². The van der Waals surface area contributed by atoms with Gasteiger partial charge in [-0.2, -0.15) is 0 Å². The van der Waals surface area contributed by atoms with Gasteiger partial charge in [-0.1, -0.05) is 13.3 Å². The fraction of sp³-hybridized carbons (Fsp3) is 0.857. The Bertz CT molecular complexity index is 529. The first kappa shape index (κ1) is 16.3. The molecule has 21 heavy (non-hydrogen) atoms. The van der Waals surface area contributed by atoms with E-state index in [1.165, 1.54) is 0 Å². The summed E-state index contributed by atoms with van der Waals surface area (Å²) in [5, 5.41) is 9.33. The van der Waals surface area contributed by atoms with E-state index >= 15 is 0 Å². The van der Waals surface area contributed by atoms with Gasteiger partial charge in [0.2, 0.25) is 5.91 Å². The van der Waals surface area contributed by atoms with Crippen molar-refractivity contribution in [3.05, 3.63) is 0 Å². The number of sulfone groups is 1. The number of carbonyl (C=O) groups is 2. The van der Waals surface area contributed by atoms with Crippen LogP contribution >= 0.6 is 0 Å². The second kappa shape index (κ2) is 5.94. The summed E-state index contributed by atoms with van der Waals surface area (Å²) in [7, 11) is -3.08. The van der Waals surface area contributed by atoms with E-state index in [2.05, 4.69) is 0 Å². The van der Waals surface area contributed by atoms with Crippen molar-refractivity contribution in [3.63, 3.8) is 0 Å². The molecular formula is C14H23NO5S. The van der Waals surface area contributed by atoms with E-state index < -0.39 is 27.6 Å². The first-order valence-electron chi connectivity index (χ1n) is 7.49. The number of amides is 1. The highest BCUT2D eigenvalue weighted by Gasteiger charge is 2.45. The molecule has 1 saturated carbocycles. The summed E-state index contributed by atoms with van der Waals surface area (Å²) in [6, 6.07) is -0.369. The zero-order valence-electron chi connectivity index (χ0n) is 12.5. The Kier molecular flexibility index (Phi) is 4.60. The fourth-order valence-electron chi connectivity index (χ4n) is 3.56. The largest absolute Gasteiger partial charge is 0.481 e. The van der Waals surface area contributed by atoms with Crippen molar-refractivity contribution in [2.75, 3.05) is 18.1 Å². The van der Waals surface area contributed by atoms with E-state index in [0.717, 1.165) is 6.42 Å². The van der Waals surface area contributed by atoms with Gasteiger partial charge in [0.1, 0.15) is 0 Å². The minimum absolute atomic E-state index is 0.0231. The summed E-state index contributed by atoms with van der Waals surface area (Å²) in [4.78, 5) is 25.6. The topological polar surface area (TPSA) is 91.8 Å². The van der Waals surface area contributed by atoms with Gasteiger partial charge < -0.3 is 10.0 Å². The highest BCUT2D eigenvalue weighted by Crippen LogP contribution is 2.39. The molecule has 2 fully saturated rings. The van der Waals surface area contributed by atoms with E-state index in [1.807, 2.05) is 6.92 Å². The lowest BCUT2D eigenvalue weighted by molar-refractivity contribution is -0.149. The molecule has 4 unspecified atom stereocenters. The van der Waals surface area contributed by atoms with Gasteiger partial charge in [-0.3, -0.25) is 9.59 Å². The molecule has 2 rings (SSSR count). The Hall–Kier alpha value is -1.11. The second-order valence-electron chi connectivity index (χ2n) is 6.29. The van der Waals surface area contributed by atoms with Gasteiger partial charge in [0.25, 0.3) is 0 Å². The Balaban J connectivity index is 2.13. The van der Waals surface area contributed by atoms with Crippen LogP contribution in [-0.4, -0.2) is 54.4 Å². The highest BCUT2D eigenvalue weighted by atomic mass is 32.2. The van der Waals surface area contributed by atoms with Gasteiger partial charge in [0.15, 0.2) is 9.84 Å². The summed E-state index contributed by atoms with van der Waals surface area (Å²) < 4.78 is 23.2. The monoisotopic (exact) mass is 317 g/mol. The van der Waals surface area contributed by atoms with Crippen LogP contribution in [-0.2, 0) is 19.4 Å². The van der Waals surface area contributed by atoms with E-state index in [1.54, 1.807) is 11.8 Å². The number of hydrogen-bond donors (Lipinski definition) is 1. The summed E-state index contributed by atoms with van der Waals surface area (Å²) in [5.74, 6) is -2.01. The number of nitrogens with zero attached hydrogens (tertiary/aromatic N) is 1. The van der Waals surface area contributed by atoms with Crippen molar-refractivity contribution in [2.24, 2.45) is 17.8 Å². The molecule has 2 aliphatic rings. The molecule has 4 atom stereocenters. The van der Waals surface area contributed by atoms with Crippen molar-refractivity contribution >= 4 is 21.7 Å². The summed E-state index contributed by atoms with van der Waals surface area (Å²) >= 11 is 0. The predicted molar refractivity (Wildman–Crippen MR) is 77.5 cm³/mol. The molecule has 6 nitrogen and oxygen atoms in total. The predicted octanol–water partition coefficient (Wildman–Crippen LogP) is 0.769. The van der Waals surface area contributed by atoms with Crippen molar-refractivity contribution in [3.8, 4) is 0 Å². The highest BCUT2D eigenvalue weighted by molar-refractivity contribution is 7.91. The lowest BCUT2D eigenvalue weighted by Crippen LogP contribution is -2.52. The van der Waals surface area contributed by atoms with Crippen LogP contribution in [0.25, 0.3) is 0 Å². The summed E-state index contributed by atoms with van der Waals surface area (Å²) in [5.41, 5.74) is 0. The summed E-state index contributed by atoms with van der Waals surface area (Å²) in [6.07, 6.45) is 2.02. The van der Waals surface area contributed by atoms with Gasteiger partial charge in [-0.05, 0) is 25.7 Å². The minimum Gasteiger partial charge on any atom is -0.481 e. The number of hydrogen-bond acceptors (Lipinski definition) is 4. The second-order valence-corrected chi connectivity index (χ2v) is 8.52. The van der Waals surface area contributed by atoms with Crippen molar-refractivity contribution in [1.29, 1.82) is 0 Å². The van der Waals surface area contributed by atoms with Crippen LogP contribution < -0.4 is 0 Å². The third-order valence-corrected chi connectivity index (χ3v) is 6.62. The molecule has 0 aromatic carbocycles. The van der Waals surface area contributed by atoms with Gasteiger partial charge in [-0.25, -0.2) is 8.42 Å². The maximum atomic E-state index is 12.7. The number of carboxylic acid groups (broad SMARTS) is 1. The Morgan fingerprint density at radius 1 is 1.24 bits per heavy atom. The SMILES string of the molecule is CCC1CC(C(=O)O)C(C(=O)N2CCS(=O)(=O)CC2C)C1. The zero-order valence-corrected chi connectivity index (χ0v) is 13.3. The molecule has 1 N–H and O–H groups in total. The number of carbonyl (C=O) groups excluding carboxylic acids is 1. The third kappa shape index (κ3) is 3.39. The molecule has 0 bridgehead atoms. The Labute approximate surface area is 125 Å². The molecule has 7 heteroatoms. The summed E-state index contributed by atoms with van der Waals surface area (Å²) in [6.45, 7) is 3.91. The third-order valence-electron chi connectivity index (χ3n) is 4.83. The van der Waals surface area contributed by atoms with Crippen LogP contribution in [0.1, 0.15) is 33.1 Å². The number of carboxylic acids is 1. The van der Waals surface area contributed by atoms with E-state index in [0.29, 0.717) is 12.8 Å². The molecule has 0 aromatic heterocycles. The molecule has 0 aromatic rings. The fourth-order valence-corrected chi connectivity index (χ4v) is 5.12. The molecule has 120 valence electrons. The molecule has 1 aliphatic carbocycles. The van der Waals surface area contributed by atoms with Crippen LogP contribution in [0.4, 0.5) is 0 Å². The molecule has 0 spiro atoms. The molecule has 1 aliphatic heterocycles. The van der Waals surface area contributed by atoms with Gasteiger partial charge in [0, 0.05) is 12.6 Å². The molecule has 1 saturated heterocycles. The van der Waals surface area contributed by atoms with Gasteiger partial charge >= 0.3 is 5.97 Å². The molecule has 0 radical (unpaired) electrons. The van der Waals surface area contributed by atoms with Crippen LogP contribution in [0.15, 0.2) is 0 Å². The number of aliphatic carboxylic acids is 1. The van der Waals surface area contributed by atoms with E-state index in [4.69, 9.17) is 0 Å². The number of rotatable bonds is 3.